The number of carboxylic acid groups (broad SMARTS) is 1. The Labute approximate surface area is 85.7 Å². The van der Waals surface area contributed by atoms with Crippen LogP contribution in [0.1, 0.15) is 0 Å². The number of aliphatic carboxylic acids is 1. The van der Waals surface area contributed by atoms with Crippen molar-refractivity contribution in [3.8, 4) is 0 Å². The van der Waals surface area contributed by atoms with E-state index in [1.165, 1.54) is 0 Å². The second-order valence-corrected chi connectivity index (χ2v) is 4.90. The predicted molar refractivity (Wildman–Crippen MR) is 53.9 cm³/mol. The van der Waals surface area contributed by atoms with E-state index in [1.54, 1.807) is 0 Å². The summed E-state index contributed by atoms with van der Waals surface area (Å²) in [6, 6.07) is 9.36. The Bertz CT molecular complexity index is 287. The van der Waals surface area contributed by atoms with Crippen LogP contribution in [-0.2, 0) is 15.7 Å². The van der Waals surface area contributed by atoms with Crippen LogP contribution < -0.4 is 5.11 Å². The van der Waals surface area contributed by atoms with Gasteiger partial charge in [0.05, 0.1) is 12.6 Å². The third kappa shape index (κ3) is 3.40. The largest absolute Gasteiger partial charge is 0.545 e. The summed E-state index contributed by atoms with van der Waals surface area (Å²) in [4.78, 5) is 11.4. The molecule has 0 radical (unpaired) electrons. The Kier molecular flexibility index (Phi) is 4.49. The highest BCUT2D eigenvalue weighted by molar-refractivity contribution is 7.97. The molecule has 1 atom stereocenters. The van der Waals surface area contributed by atoms with E-state index < -0.39 is 16.9 Å². The molecule has 0 aliphatic rings. The van der Waals surface area contributed by atoms with Gasteiger partial charge in [0.15, 0.2) is 10.6 Å². The van der Waals surface area contributed by atoms with E-state index in [0.717, 1.165) is 4.90 Å². The normalized spacial score (nSPS) is 12.4. The van der Waals surface area contributed by atoms with E-state index >= 15 is 0 Å². The minimum atomic E-state index is -1.06. The van der Waals surface area contributed by atoms with Crippen LogP contribution in [0.5, 0.6) is 0 Å². The zero-order valence-corrected chi connectivity index (χ0v) is 8.50. The molecule has 3 nitrogen and oxygen atoms in total. The fraction of sp³-hybridized carbons (Fsp3) is 0.300. The molecular weight excluding hydrogens is 200 g/mol. The van der Waals surface area contributed by atoms with Crippen LogP contribution in [0, 0.1) is 0 Å². The van der Waals surface area contributed by atoms with Gasteiger partial charge in [0, 0.05) is 10.9 Å². The number of hydrogen-bond acceptors (Lipinski definition) is 3. The molecule has 0 spiro atoms. The lowest BCUT2D eigenvalue weighted by molar-refractivity contribution is -0.301. The van der Waals surface area contributed by atoms with E-state index in [9.17, 15) is 9.90 Å². The molecule has 1 aromatic rings. The standard InChI is InChI=1S/C10H12O3S/c11-6-7-14(8-10(12)13)9-4-2-1-3-5-9/h1-5,11H,6-8H2. The zero-order chi connectivity index (χ0) is 10.4. The number of carboxylic acids is 1. The van der Waals surface area contributed by atoms with E-state index in [2.05, 4.69) is 0 Å². The van der Waals surface area contributed by atoms with Gasteiger partial charge in [-0.05, 0) is 12.1 Å². The smallest absolute Gasteiger partial charge is 0.155 e. The van der Waals surface area contributed by atoms with Crippen molar-refractivity contribution in [3.05, 3.63) is 30.3 Å². The van der Waals surface area contributed by atoms with Crippen LogP contribution in [0.25, 0.3) is 0 Å². The van der Waals surface area contributed by atoms with Gasteiger partial charge in [-0.1, -0.05) is 18.2 Å². The Balaban J connectivity index is 2.72. The number of hydrogen-bond donors (Lipinski definition) is 1. The van der Waals surface area contributed by atoms with Crippen molar-refractivity contribution in [1.82, 2.24) is 0 Å². The Morgan fingerprint density at radius 1 is 1.36 bits per heavy atom. The van der Waals surface area contributed by atoms with Gasteiger partial charge in [0.25, 0.3) is 0 Å². The van der Waals surface area contributed by atoms with Crippen molar-refractivity contribution in [3.63, 3.8) is 0 Å². The maximum atomic E-state index is 10.5. The molecule has 0 amide bonds. The van der Waals surface area contributed by atoms with E-state index in [4.69, 9.17) is 5.11 Å². The summed E-state index contributed by atoms with van der Waals surface area (Å²) in [5, 5.41) is 19.3. The molecule has 0 saturated heterocycles. The van der Waals surface area contributed by atoms with Gasteiger partial charge in [0.2, 0.25) is 0 Å². The molecule has 0 aliphatic carbocycles. The van der Waals surface area contributed by atoms with Crippen molar-refractivity contribution in [2.24, 2.45) is 0 Å². The minimum Gasteiger partial charge on any atom is -0.545 e. The summed E-state index contributed by atoms with van der Waals surface area (Å²) in [5.74, 6) is -0.589. The maximum Gasteiger partial charge on any atom is 0.155 e. The lowest BCUT2D eigenvalue weighted by Crippen LogP contribution is -2.32. The molecule has 14 heavy (non-hydrogen) atoms. The number of carbonyl (C=O) groups excluding carboxylic acids is 1. The number of benzene rings is 1. The van der Waals surface area contributed by atoms with Gasteiger partial charge in [0.1, 0.15) is 5.75 Å². The summed E-state index contributed by atoms with van der Waals surface area (Å²) in [6.07, 6.45) is 0. The number of rotatable bonds is 5. The lowest BCUT2D eigenvalue weighted by Gasteiger charge is -2.07. The van der Waals surface area contributed by atoms with Gasteiger partial charge >= 0.3 is 0 Å². The average molecular weight is 212 g/mol. The predicted octanol–water partition coefficient (Wildman–Crippen LogP) is -0.594. The summed E-state index contributed by atoms with van der Waals surface area (Å²) in [6.45, 7) is 0.00524. The Hall–Kier alpha value is -1.00. The fourth-order valence-electron chi connectivity index (χ4n) is 1.14. The highest BCUT2D eigenvalue weighted by Crippen LogP contribution is 2.12. The first-order valence-electron chi connectivity index (χ1n) is 4.27. The van der Waals surface area contributed by atoms with E-state index in [0.29, 0.717) is 5.75 Å². The SMILES string of the molecule is O=C([O-])C[S+](CCO)c1ccccc1. The van der Waals surface area contributed by atoms with Gasteiger partial charge in [-0.3, -0.25) is 0 Å². The monoisotopic (exact) mass is 212 g/mol. The number of carbonyl (C=O) groups is 1. The molecule has 1 rings (SSSR count). The lowest BCUT2D eigenvalue weighted by atomic mass is 10.4. The molecule has 0 aliphatic heterocycles. The van der Waals surface area contributed by atoms with E-state index in [-0.39, 0.29) is 12.4 Å². The molecular formula is C10H12O3S. The molecule has 76 valence electrons. The summed E-state index contributed by atoms with van der Waals surface area (Å²) >= 11 is 0. The number of aliphatic hydroxyl groups excluding tert-OH is 1. The molecule has 0 heterocycles. The quantitative estimate of drug-likeness (QED) is 0.663. The summed E-state index contributed by atoms with van der Waals surface area (Å²) in [5.41, 5.74) is 0. The highest BCUT2D eigenvalue weighted by Gasteiger charge is 2.20. The van der Waals surface area contributed by atoms with Gasteiger partial charge in [-0.15, -0.1) is 0 Å². The fourth-order valence-corrected chi connectivity index (χ4v) is 2.73. The highest BCUT2D eigenvalue weighted by atomic mass is 32.2. The van der Waals surface area contributed by atoms with Crippen LogP contribution in [0.3, 0.4) is 0 Å². The van der Waals surface area contributed by atoms with Crippen molar-refractivity contribution in [2.45, 2.75) is 4.90 Å². The van der Waals surface area contributed by atoms with Crippen LogP contribution in [0.4, 0.5) is 0 Å². The average Bonchev–Trinajstić information content (AvgIpc) is 2.18. The van der Waals surface area contributed by atoms with Crippen molar-refractivity contribution in [1.29, 1.82) is 0 Å². The van der Waals surface area contributed by atoms with Crippen LogP contribution >= 0.6 is 0 Å². The van der Waals surface area contributed by atoms with Gasteiger partial charge in [-0.2, -0.15) is 0 Å². The Morgan fingerprint density at radius 3 is 2.50 bits per heavy atom. The van der Waals surface area contributed by atoms with Crippen LogP contribution in [0.15, 0.2) is 35.2 Å². The van der Waals surface area contributed by atoms with Crippen molar-refractivity contribution >= 4 is 16.9 Å². The molecule has 0 bridgehead atoms. The van der Waals surface area contributed by atoms with Crippen LogP contribution in [0.2, 0.25) is 0 Å². The molecule has 0 fully saturated rings. The molecule has 1 aromatic carbocycles. The van der Waals surface area contributed by atoms with Gasteiger partial charge < -0.3 is 15.0 Å². The second-order valence-electron chi connectivity index (χ2n) is 2.75. The molecule has 0 aromatic heterocycles. The molecule has 0 saturated carbocycles. The van der Waals surface area contributed by atoms with Crippen LogP contribution in [-0.4, -0.2) is 29.2 Å². The summed E-state index contributed by atoms with van der Waals surface area (Å²) in [7, 11) is -0.430. The first kappa shape index (κ1) is 11.1. The zero-order valence-electron chi connectivity index (χ0n) is 7.68. The molecule has 4 heteroatoms. The minimum absolute atomic E-state index is 0.00524. The third-order valence-electron chi connectivity index (χ3n) is 1.71. The number of aliphatic hydroxyl groups is 1. The first-order valence-corrected chi connectivity index (χ1v) is 5.83. The topological polar surface area (TPSA) is 60.4 Å². The maximum absolute atomic E-state index is 10.5. The van der Waals surface area contributed by atoms with E-state index in [1.807, 2.05) is 30.3 Å². The second kappa shape index (κ2) is 5.67. The summed E-state index contributed by atoms with van der Waals surface area (Å²) < 4.78 is 0. The van der Waals surface area contributed by atoms with Crippen molar-refractivity contribution < 1.29 is 15.0 Å². The van der Waals surface area contributed by atoms with Gasteiger partial charge in [-0.25, -0.2) is 0 Å². The molecule has 1 unspecified atom stereocenters. The van der Waals surface area contributed by atoms with Crippen molar-refractivity contribution in [2.75, 3.05) is 18.1 Å². The third-order valence-corrected chi connectivity index (χ3v) is 3.90. The Morgan fingerprint density at radius 2 is 2.00 bits per heavy atom. The first-order chi connectivity index (χ1) is 6.74. The molecule has 1 N–H and O–H groups in total.